The van der Waals surface area contributed by atoms with Crippen molar-refractivity contribution in [3.8, 4) is 0 Å². The van der Waals surface area contributed by atoms with E-state index in [1.807, 2.05) is 6.92 Å². The predicted molar refractivity (Wildman–Crippen MR) is 124 cm³/mol. The van der Waals surface area contributed by atoms with Crippen molar-refractivity contribution < 1.29 is 33.1 Å². The summed E-state index contributed by atoms with van der Waals surface area (Å²) >= 11 is 0.784. The van der Waals surface area contributed by atoms with Crippen molar-refractivity contribution in [2.45, 2.75) is 91.0 Å². The first-order valence-electron chi connectivity index (χ1n) is 10.9. The van der Waals surface area contributed by atoms with Gasteiger partial charge in [-0.15, -0.1) is 0 Å². The topological polar surface area (TPSA) is 99.2 Å². The monoisotopic (exact) mass is 487 g/mol. The SMILES string of the molecule is C[C@@H](O[Si](C)(C)C(C)(C)C)[C@H]1C(=O)N2[C@@H]1[C@@H](C)C(=O)S[C@H]2C(=O)OCOC(=O)C(C)(C)C. The standard InChI is InChI=1S/C22H37NO7SSi/c1-12-15-14(13(2)30-32(9,10)22(6,7)8)16(24)23(15)17(31-19(12)26)18(25)28-11-29-20(27)21(3,4)5/h12-15,17H,11H2,1-10H3/t12-,13-,14-,15-,17+/m1/s1. The number of thioether (sulfide) groups is 1. The molecule has 2 heterocycles. The molecule has 0 aromatic rings. The summed E-state index contributed by atoms with van der Waals surface area (Å²) in [6, 6.07) is -0.425. The van der Waals surface area contributed by atoms with Crippen LogP contribution < -0.4 is 0 Å². The summed E-state index contributed by atoms with van der Waals surface area (Å²) in [7, 11) is -2.12. The molecule has 0 unspecified atom stereocenters. The summed E-state index contributed by atoms with van der Waals surface area (Å²) in [6.45, 7) is 18.8. The van der Waals surface area contributed by atoms with Crippen LogP contribution in [0, 0.1) is 17.3 Å². The smallest absolute Gasteiger partial charge is 0.342 e. The van der Waals surface area contributed by atoms with Crippen molar-refractivity contribution in [3.63, 3.8) is 0 Å². The zero-order valence-electron chi connectivity index (χ0n) is 20.8. The van der Waals surface area contributed by atoms with E-state index in [1.165, 1.54) is 4.90 Å². The summed E-state index contributed by atoms with van der Waals surface area (Å²) in [5.74, 6) is -2.41. The number of amides is 1. The van der Waals surface area contributed by atoms with Crippen molar-refractivity contribution in [2.24, 2.45) is 17.3 Å². The Balaban J connectivity index is 2.10. The van der Waals surface area contributed by atoms with Crippen LogP contribution in [0.25, 0.3) is 0 Å². The lowest BCUT2D eigenvalue weighted by molar-refractivity contribution is -0.185. The molecule has 182 valence electrons. The van der Waals surface area contributed by atoms with Gasteiger partial charge in [0.1, 0.15) is 0 Å². The quantitative estimate of drug-likeness (QED) is 0.243. The van der Waals surface area contributed by atoms with Gasteiger partial charge in [0.25, 0.3) is 0 Å². The lowest BCUT2D eigenvalue weighted by Gasteiger charge is -2.56. The van der Waals surface area contributed by atoms with Crippen LogP contribution in [0.5, 0.6) is 0 Å². The molecule has 2 rings (SSSR count). The lowest BCUT2D eigenvalue weighted by Crippen LogP contribution is -2.73. The van der Waals surface area contributed by atoms with Crippen molar-refractivity contribution in [1.29, 1.82) is 0 Å². The molecule has 2 saturated heterocycles. The third kappa shape index (κ3) is 5.22. The summed E-state index contributed by atoms with van der Waals surface area (Å²) in [4.78, 5) is 51.7. The normalized spacial score (nSPS) is 27.4. The number of hydrogen-bond acceptors (Lipinski definition) is 8. The van der Waals surface area contributed by atoms with Gasteiger partial charge >= 0.3 is 11.9 Å². The van der Waals surface area contributed by atoms with Crippen molar-refractivity contribution in [3.05, 3.63) is 0 Å². The largest absolute Gasteiger partial charge is 0.427 e. The highest BCUT2D eigenvalue weighted by Gasteiger charge is 2.62. The number of esters is 2. The first kappa shape index (κ1) is 26.9. The molecule has 2 fully saturated rings. The van der Waals surface area contributed by atoms with Crippen LogP contribution in [0.3, 0.4) is 0 Å². The Morgan fingerprint density at radius 3 is 2.16 bits per heavy atom. The Morgan fingerprint density at radius 2 is 1.66 bits per heavy atom. The number of hydrogen-bond donors (Lipinski definition) is 0. The van der Waals surface area contributed by atoms with Gasteiger partial charge in [0.15, 0.2) is 18.8 Å². The molecule has 0 radical (unpaired) electrons. The number of fused-ring (bicyclic) bond motifs is 1. The van der Waals surface area contributed by atoms with E-state index < -0.39 is 55.7 Å². The van der Waals surface area contributed by atoms with Gasteiger partial charge in [-0.3, -0.25) is 14.4 Å². The Kier molecular flexibility index (Phi) is 7.64. The average molecular weight is 488 g/mol. The number of carbonyl (C=O) groups excluding carboxylic acids is 4. The molecule has 0 aromatic carbocycles. The van der Waals surface area contributed by atoms with Gasteiger partial charge in [0, 0.05) is 5.92 Å². The lowest BCUT2D eigenvalue weighted by atomic mass is 9.76. The zero-order valence-corrected chi connectivity index (χ0v) is 22.6. The molecule has 2 aliphatic rings. The minimum absolute atomic E-state index is 0.0194. The molecule has 0 spiro atoms. The van der Waals surface area contributed by atoms with Gasteiger partial charge in [-0.25, -0.2) is 4.79 Å². The summed E-state index contributed by atoms with van der Waals surface area (Å²) < 4.78 is 16.5. The summed E-state index contributed by atoms with van der Waals surface area (Å²) in [5.41, 5.74) is -0.733. The third-order valence-electron chi connectivity index (χ3n) is 6.59. The van der Waals surface area contributed by atoms with Gasteiger partial charge in [-0.2, -0.15) is 0 Å². The summed E-state index contributed by atoms with van der Waals surface area (Å²) in [5, 5.41) is -1.27. The van der Waals surface area contributed by atoms with Crippen LogP contribution in [0.1, 0.15) is 55.4 Å². The molecule has 0 saturated carbocycles. The molecule has 2 aliphatic heterocycles. The molecular formula is C22H37NO7SSi. The molecule has 8 nitrogen and oxygen atoms in total. The van der Waals surface area contributed by atoms with Crippen LogP contribution in [0.4, 0.5) is 0 Å². The number of nitrogens with zero attached hydrogens (tertiary/aromatic N) is 1. The van der Waals surface area contributed by atoms with Gasteiger partial charge in [-0.05, 0) is 45.8 Å². The van der Waals surface area contributed by atoms with E-state index in [4.69, 9.17) is 13.9 Å². The van der Waals surface area contributed by atoms with E-state index in [0.717, 1.165) is 11.8 Å². The maximum atomic E-state index is 13.1. The highest BCUT2D eigenvalue weighted by Crippen LogP contribution is 2.47. The Hall–Kier alpha value is -1.39. The molecule has 0 aromatic heterocycles. The van der Waals surface area contributed by atoms with Crippen LogP contribution in [0.15, 0.2) is 0 Å². The highest BCUT2D eigenvalue weighted by atomic mass is 32.2. The first-order valence-corrected chi connectivity index (χ1v) is 14.7. The molecule has 1 amide bonds. The molecule has 0 aliphatic carbocycles. The Labute approximate surface area is 196 Å². The van der Waals surface area contributed by atoms with Crippen LogP contribution >= 0.6 is 11.8 Å². The number of ether oxygens (including phenoxy) is 2. The van der Waals surface area contributed by atoms with Gasteiger partial charge in [0.2, 0.25) is 12.7 Å². The molecule has 10 heteroatoms. The van der Waals surface area contributed by atoms with E-state index >= 15 is 0 Å². The van der Waals surface area contributed by atoms with Crippen molar-refractivity contribution in [2.75, 3.05) is 6.79 Å². The summed E-state index contributed by atoms with van der Waals surface area (Å²) in [6.07, 6.45) is -0.368. The van der Waals surface area contributed by atoms with Gasteiger partial charge in [-0.1, -0.05) is 39.5 Å². The number of β-lactam (4-membered cyclic amide) rings is 1. The number of rotatable bonds is 6. The fraction of sp³-hybridized carbons (Fsp3) is 0.818. The minimum atomic E-state index is -2.12. The van der Waals surface area contributed by atoms with Crippen molar-refractivity contribution >= 4 is 43.0 Å². The molecule has 32 heavy (non-hydrogen) atoms. The van der Waals surface area contributed by atoms with Gasteiger partial charge < -0.3 is 18.8 Å². The van der Waals surface area contributed by atoms with E-state index in [-0.39, 0.29) is 22.2 Å². The Morgan fingerprint density at radius 1 is 1.09 bits per heavy atom. The first-order chi connectivity index (χ1) is 14.4. The fourth-order valence-corrected chi connectivity index (χ4v) is 6.10. The molecule has 0 bridgehead atoms. The molecular weight excluding hydrogens is 450 g/mol. The highest BCUT2D eigenvalue weighted by molar-refractivity contribution is 8.14. The average Bonchev–Trinajstić information content (AvgIpc) is 2.61. The van der Waals surface area contributed by atoms with Crippen LogP contribution in [0.2, 0.25) is 18.1 Å². The van der Waals surface area contributed by atoms with Gasteiger partial charge in [0.05, 0.1) is 23.5 Å². The van der Waals surface area contributed by atoms with E-state index in [0.29, 0.717) is 0 Å². The van der Waals surface area contributed by atoms with E-state index in [9.17, 15) is 19.2 Å². The third-order valence-corrected chi connectivity index (χ3v) is 12.4. The molecule has 0 N–H and O–H groups in total. The second-order valence-electron chi connectivity index (χ2n) is 11.2. The maximum Gasteiger partial charge on any atom is 0.342 e. The van der Waals surface area contributed by atoms with E-state index in [2.05, 4.69) is 33.9 Å². The number of carbonyl (C=O) groups is 4. The van der Waals surface area contributed by atoms with Crippen LogP contribution in [-0.4, -0.2) is 60.5 Å². The van der Waals surface area contributed by atoms with Crippen molar-refractivity contribution in [1.82, 2.24) is 4.90 Å². The fourth-order valence-electron chi connectivity index (χ4n) is 3.58. The molecule has 5 atom stereocenters. The minimum Gasteiger partial charge on any atom is -0.427 e. The van der Waals surface area contributed by atoms with Crippen LogP contribution in [-0.2, 0) is 33.1 Å². The second-order valence-corrected chi connectivity index (χ2v) is 17.0. The van der Waals surface area contributed by atoms with E-state index in [1.54, 1.807) is 27.7 Å². The second kappa shape index (κ2) is 9.10. The predicted octanol–water partition coefficient (Wildman–Crippen LogP) is 3.55. The zero-order chi connectivity index (χ0) is 24.8. The Bertz CT molecular complexity index is 786. The maximum absolute atomic E-state index is 13.1.